The molecule has 1 N–H and O–H groups in total. The van der Waals surface area contributed by atoms with Crippen LogP contribution in [0.4, 0.5) is 5.69 Å². The second-order valence-electron chi connectivity index (χ2n) is 4.45. The third-order valence-corrected chi connectivity index (χ3v) is 3.72. The summed E-state index contributed by atoms with van der Waals surface area (Å²) in [4.78, 5) is 12.3. The van der Waals surface area contributed by atoms with E-state index >= 15 is 0 Å². The fourth-order valence-electron chi connectivity index (χ4n) is 1.99. The van der Waals surface area contributed by atoms with E-state index in [9.17, 15) is 4.79 Å². The van der Waals surface area contributed by atoms with Crippen LogP contribution in [0.5, 0.6) is 5.75 Å². The number of rotatable bonds is 5. The van der Waals surface area contributed by atoms with Crippen LogP contribution in [0.15, 0.2) is 59.6 Å². The largest absolute Gasteiger partial charge is 0.496 e. The summed E-state index contributed by atoms with van der Waals surface area (Å²) in [6, 6.07) is 12.9. The molecule has 1 amide bonds. The minimum Gasteiger partial charge on any atom is -0.496 e. The number of ether oxygens (including phenoxy) is 1. The van der Waals surface area contributed by atoms with Gasteiger partial charge >= 0.3 is 0 Å². The Hall–Kier alpha value is -2.07. The molecule has 108 valence electrons. The van der Waals surface area contributed by atoms with Gasteiger partial charge in [0, 0.05) is 10.0 Å². The number of nitrogens with one attached hydrogen (secondary N) is 1. The standard InChI is InChI=1S/C17H16BrNO2/c1-3-6-12-11-13(9-10-16(12)21-2)17(20)19-15-8-5-4-7-14(15)18/h3-5,7-11H,1,6H2,2H3,(H,19,20). The van der Waals surface area contributed by atoms with Crippen LogP contribution in [0, 0.1) is 0 Å². The van der Waals surface area contributed by atoms with Crippen molar-refractivity contribution in [2.24, 2.45) is 0 Å². The minimum absolute atomic E-state index is 0.158. The summed E-state index contributed by atoms with van der Waals surface area (Å²) < 4.78 is 6.13. The van der Waals surface area contributed by atoms with E-state index in [0.29, 0.717) is 12.0 Å². The molecule has 0 saturated carbocycles. The molecule has 3 nitrogen and oxygen atoms in total. The van der Waals surface area contributed by atoms with Crippen molar-refractivity contribution in [2.45, 2.75) is 6.42 Å². The SMILES string of the molecule is C=CCc1cc(C(=O)Nc2ccccc2Br)ccc1OC. The van der Waals surface area contributed by atoms with Crippen LogP contribution in [-0.4, -0.2) is 13.0 Å². The van der Waals surface area contributed by atoms with Gasteiger partial charge < -0.3 is 10.1 Å². The quantitative estimate of drug-likeness (QED) is 0.813. The van der Waals surface area contributed by atoms with E-state index < -0.39 is 0 Å². The lowest BCUT2D eigenvalue weighted by molar-refractivity contribution is 0.102. The minimum atomic E-state index is -0.158. The van der Waals surface area contributed by atoms with Crippen LogP contribution < -0.4 is 10.1 Å². The smallest absolute Gasteiger partial charge is 0.255 e. The van der Waals surface area contributed by atoms with Crippen molar-refractivity contribution in [1.82, 2.24) is 0 Å². The fourth-order valence-corrected chi connectivity index (χ4v) is 2.38. The normalized spacial score (nSPS) is 10.0. The topological polar surface area (TPSA) is 38.3 Å². The second-order valence-corrected chi connectivity index (χ2v) is 5.31. The van der Waals surface area contributed by atoms with Gasteiger partial charge in [-0.15, -0.1) is 6.58 Å². The first-order chi connectivity index (χ1) is 10.2. The molecule has 21 heavy (non-hydrogen) atoms. The molecule has 0 saturated heterocycles. The van der Waals surface area contributed by atoms with E-state index in [2.05, 4.69) is 27.8 Å². The van der Waals surface area contributed by atoms with Crippen LogP contribution in [0.25, 0.3) is 0 Å². The summed E-state index contributed by atoms with van der Waals surface area (Å²) in [5, 5.41) is 2.88. The second kappa shape index (κ2) is 7.09. The Morgan fingerprint density at radius 1 is 1.33 bits per heavy atom. The summed E-state index contributed by atoms with van der Waals surface area (Å²) in [6.45, 7) is 3.72. The zero-order chi connectivity index (χ0) is 15.2. The number of anilines is 1. The molecule has 0 aliphatic carbocycles. The zero-order valence-electron chi connectivity index (χ0n) is 11.7. The summed E-state index contributed by atoms with van der Waals surface area (Å²) in [5.74, 6) is 0.599. The maximum atomic E-state index is 12.3. The first-order valence-electron chi connectivity index (χ1n) is 6.49. The van der Waals surface area contributed by atoms with Crippen LogP contribution in [-0.2, 0) is 6.42 Å². The van der Waals surface area contributed by atoms with Gasteiger partial charge in [0.05, 0.1) is 12.8 Å². The highest BCUT2D eigenvalue weighted by atomic mass is 79.9. The Balaban J connectivity index is 2.25. The molecule has 0 atom stereocenters. The molecular formula is C17H16BrNO2. The number of halogens is 1. The molecule has 0 aliphatic rings. The predicted octanol–water partition coefficient (Wildman–Crippen LogP) is 4.44. The molecule has 0 radical (unpaired) electrons. The number of hydrogen-bond acceptors (Lipinski definition) is 2. The number of carbonyl (C=O) groups is 1. The van der Waals surface area contributed by atoms with Gasteiger partial charge in [-0.25, -0.2) is 0 Å². The lowest BCUT2D eigenvalue weighted by Gasteiger charge is -2.11. The van der Waals surface area contributed by atoms with Crippen molar-refractivity contribution in [3.63, 3.8) is 0 Å². The Morgan fingerprint density at radius 2 is 2.10 bits per heavy atom. The highest BCUT2D eigenvalue weighted by molar-refractivity contribution is 9.10. The van der Waals surface area contributed by atoms with E-state index in [1.54, 1.807) is 25.3 Å². The van der Waals surface area contributed by atoms with E-state index in [-0.39, 0.29) is 5.91 Å². The predicted molar refractivity (Wildman–Crippen MR) is 89.0 cm³/mol. The number of hydrogen-bond donors (Lipinski definition) is 1. The van der Waals surface area contributed by atoms with Gasteiger partial charge in [0.1, 0.15) is 5.75 Å². The molecule has 0 bridgehead atoms. The Labute approximate surface area is 132 Å². The van der Waals surface area contributed by atoms with Crippen molar-refractivity contribution in [1.29, 1.82) is 0 Å². The zero-order valence-corrected chi connectivity index (χ0v) is 13.3. The molecular weight excluding hydrogens is 330 g/mol. The van der Waals surface area contributed by atoms with Crippen molar-refractivity contribution < 1.29 is 9.53 Å². The van der Waals surface area contributed by atoms with Crippen molar-refractivity contribution >= 4 is 27.5 Å². The fraction of sp³-hybridized carbons (Fsp3) is 0.118. The first-order valence-corrected chi connectivity index (χ1v) is 7.28. The van der Waals surface area contributed by atoms with Crippen molar-refractivity contribution in [2.75, 3.05) is 12.4 Å². The highest BCUT2D eigenvalue weighted by Crippen LogP contribution is 2.24. The van der Waals surface area contributed by atoms with Crippen LogP contribution in [0.2, 0.25) is 0 Å². The summed E-state index contributed by atoms with van der Waals surface area (Å²) >= 11 is 3.41. The van der Waals surface area contributed by atoms with Gasteiger partial charge in [-0.3, -0.25) is 4.79 Å². The van der Waals surface area contributed by atoms with E-state index in [1.807, 2.05) is 30.3 Å². The van der Waals surface area contributed by atoms with Gasteiger partial charge in [-0.1, -0.05) is 18.2 Å². The van der Waals surface area contributed by atoms with Crippen LogP contribution in [0.3, 0.4) is 0 Å². The number of carbonyl (C=O) groups excluding carboxylic acids is 1. The Bertz CT molecular complexity index is 668. The van der Waals surface area contributed by atoms with Crippen LogP contribution in [0.1, 0.15) is 15.9 Å². The summed E-state index contributed by atoms with van der Waals surface area (Å²) in [7, 11) is 1.61. The molecule has 0 heterocycles. The molecule has 4 heteroatoms. The van der Waals surface area contributed by atoms with Gasteiger partial charge in [0.2, 0.25) is 0 Å². The molecule has 0 aliphatic heterocycles. The van der Waals surface area contributed by atoms with Crippen molar-refractivity contribution in [3.05, 3.63) is 70.7 Å². The summed E-state index contributed by atoms with van der Waals surface area (Å²) in [5.41, 5.74) is 2.26. The molecule has 0 aromatic heterocycles. The maximum Gasteiger partial charge on any atom is 0.255 e. The molecule has 0 spiro atoms. The van der Waals surface area contributed by atoms with Crippen LogP contribution >= 0.6 is 15.9 Å². The Morgan fingerprint density at radius 3 is 2.76 bits per heavy atom. The number of benzene rings is 2. The first kappa shape index (κ1) is 15.3. The molecule has 2 aromatic carbocycles. The summed E-state index contributed by atoms with van der Waals surface area (Å²) in [6.07, 6.45) is 2.44. The lowest BCUT2D eigenvalue weighted by atomic mass is 10.1. The maximum absolute atomic E-state index is 12.3. The monoisotopic (exact) mass is 345 g/mol. The molecule has 2 aromatic rings. The van der Waals surface area contributed by atoms with Gasteiger partial charge in [-0.2, -0.15) is 0 Å². The van der Waals surface area contributed by atoms with Gasteiger partial charge in [0.25, 0.3) is 5.91 Å². The lowest BCUT2D eigenvalue weighted by Crippen LogP contribution is -2.12. The number of para-hydroxylation sites is 1. The third kappa shape index (κ3) is 3.73. The number of allylic oxidation sites excluding steroid dienone is 1. The van der Waals surface area contributed by atoms with E-state index in [1.165, 1.54) is 0 Å². The average molecular weight is 346 g/mol. The molecule has 0 unspecified atom stereocenters. The average Bonchev–Trinajstić information content (AvgIpc) is 2.50. The number of methoxy groups -OCH3 is 1. The molecule has 2 rings (SSSR count). The Kier molecular flexibility index (Phi) is 5.17. The van der Waals surface area contributed by atoms with E-state index in [4.69, 9.17) is 4.74 Å². The highest BCUT2D eigenvalue weighted by Gasteiger charge is 2.11. The van der Waals surface area contributed by atoms with Crippen molar-refractivity contribution in [3.8, 4) is 5.75 Å². The number of amides is 1. The van der Waals surface area contributed by atoms with Gasteiger partial charge in [0.15, 0.2) is 0 Å². The third-order valence-electron chi connectivity index (χ3n) is 3.03. The molecule has 0 fully saturated rings. The van der Waals surface area contributed by atoms with E-state index in [0.717, 1.165) is 21.5 Å². The van der Waals surface area contributed by atoms with Gasteiger partial charge in [-0.05, 0) is 58.2 Å².